The highest BCUT2D eigenvalue weighted by atomic mass is 32.2. The van der Waals surface area contributed by atoms with E-state index in [4.69, 9.17) is 21.7 Å². The van der Waals surface area contributed by atoms with Gasteiger partial charge in [-0.1, -0.05) is 48.2 Å². The molecule has 1 saturated heterocycles. The molecule has 3 aromatic carbocycles. The van der Waals surface area contributed by atoms with E-state index in [-0.39, 0.29) is 18.2 Å². The number of amides is 1. The van der Waals surface area contributed by atoms with Crippen molar-refractivity contribution in [3.63, 3.8) is 0 Å². The first-order valence-electron chi connectivity index (χ1n) is 10.7. The SMILES string of the molecule is COc1cc(/C=C2/SC(=S)N(c3ccc(C)c(C)c3)C2=O)ccc1OCc1cccc([N+](=O)[O-])c1. The summed E-state index contributed by atoms with van der Waals surface area (Å²) in [4.78, 5) is 25.7. The number of aryl methyl sites for hydroxylation is 2. The van der Waals surface area contributed by atoms with Crippen LogP contribution < -0.4 is 14.4 Å². The highest BCUT2D eigenvalue weighted by Gasteiger charge is 2.33. The molecule has 4 rings (SSSR count). The van der Waals surface area contributed by atoms with Gasteiger partial charge in [0.1, 0.15) is 6.61 Å². The predicted molar refractivity (Wildman–Crippen MR) is 142 cm³/mol. The Hall–Kier alpha value is -3.69. The third-order valence-electron chi connectivity index (χ3n) is 5.54. The molecule has 35 heavy (non-hydrogen) atoms. The van der Waals surface area contributed by atoms with Crippen LogP contribution in [0.5, 0.6) is 11.5 Å². The van der Waals surface area contributed by atoms with E-state index in [1.54, 1.807) is 35.2 Å². The number of anilines is 1. The molecule has 1 heterocycles. The van der Waals surface area contributed by atoms with E-state index in [0.717, 1.165) is 22.4 Å². The molecule has 9 heteroatoms. The zero-order valence-electron chi connectivity index (χ0n) is 19.3. The molecule has 1 aliphatic heterocycles. The summed E-state index contributed by atoms with van der Waals surface area (Å²) in [5.41, 5.74) is 4.42. The van der Waals surface area contributed by atoms with Crippen molar-refractivity contribution < 1.29 is 19.2 Å². The Labute approximate surface area is 212 Å². The summed E-state index contributed by atoms with van der Waals surface area (Å²) >= 11 is 6.74. The predicted octanol–water partition coefficient (Wildman–Crippen LogP) is 6.21. The number of hydrogen-bond donors (Lipinski definition) is 0. The van der Waals surface area contributed by atoms with Gasteiger partial charge in [0.25, 0.3) is 11.6 Å². The maximum Gasteiger partial charge on any atom is 0.270 e. The molecule has 0 saturated carbocycles. The van der Waals surface area contributed by atoms with Gasteiger partial charge in [0.15, 0.2) is 15.8 Å². The van der Waals surface area contributed by atoms with E-state index in [0.29, 0.717) is 26.3 Å². The smallest absolute Gasteiger partial charge is 0.270 e. The summed E-state index contributed by atoms with van der Waals surface area (Å²) in [6.45, 7) is 4.17. The van der Waals surface area contributed by atoms with E-state index in [1.807, 2.05) is 38.1 Å². The molecule has 0 spiro atoms. The van der Waals surface area contributed by atoms with Gasteiger partial charge in [-0.15, -0.1) is 0 Å². The van der Waals surface area contributed by atoms with Gasteiger partial charge < -0.3 is 9.47 Å². The second-order valence-corrected chi connectivity index (χ2v) is 9.59. The van der Waals surface area contributed by atoms with Crippen LogP contribution >= 0.6 is 24.0 Å². The Balaban J connectivity index is 1.52. The van der Waals surface area contributed by atoms with Crippen molar-refractivity contribution in [3.8, 4) is 11.5 Å². The summed E-state index contributed by atoms with van der Waals surface area (Å²) in [6.07, 6.45) is 1.77. The fraction of sp³-hybridized carbons (Fsp3) is 0.154. The van der Waals surface area contributed by atoms with Crippen LogP contribution in [0.1, 0.15) is 22.3 Å². The first-order chi connectivity index (χ1) is 16.8. The first kappa shape index (κ1) is 24.4. The van der Waals surface area contributed by atoms with Crippen molar-refractivity contribution in [2.75, 3.05) is 12.0 Å². The number of methoxy groups -OCH3 is 1. The number of carbonyl (C=O) groups is 1. The molecular weight excluding hydrogens is 484 g/mol. The summed E-state index contributed by atoms with van der Waals surface area (Å²) in [5, 5.41) is 11.0. The molecule has 0 N–H and O–H groups in total. The van der Waals surface area contributed by atoms with Gasteiger partial charge in [-0.25, -0.2) is 0 Å². The van der Waals surface area contributed by atoms with Crippen molar-refractivity contribution in [1.29, 1.82) is 0 Å². The van der Waals surface area contributed by atoms with Gasteiger partial charge in [-0.3, -0.25) is 19.8 Å². The lowest BCUT2D eigenvalue weighted by molar-refractivity contribution is -0.384. The lowest BCUT2D eigenvalue weighted by Crippen LogP contribution is -2.27. The summed E-state index contributed by atoms with van der Waals surface area (Å²) in [6, 6.07) is 17.4. The van der Waals surface area contributed by atoms with E-state index in [2.05, 4.69) is 0 Å². The molecule has 0 atom stereocenters. The van der Waals surface area contributed by atoms with Crippen LogP contribution in [0.2, 0.25) is 0 Å². The second-order valence-electron chi connectivity index (χ2n) is 7.91. The van der Waals surface area contributed by atoms with Crippen molar-refractivity contribution in [2.24, 2.45) is 0 Å². The largest absolute Gasteiger partial charge is 0.493 e. The highest BCUT2D eigenvalue weighted by molar-refractivity contribution is 8.27. The average Bonchev–Trinajstić information content (AvgIpc) is 3.12. The molecule has 0 unspecified atom stereocenters. The molecule has 178 valence electrons. The standard InChI is InChI=1S/C26H22N2O5S2/c1-16-7-9-20(11-17(16)2)27-25(29)24(35-26(27)34)14-18-8-10-22(23(13-18)32-3)33-15-19-5-4-6-21(12-19)28(30)31/h4-14H,15H2,1-3H3/b24-14+. The van der Waals surface area contributed by atoms with Gasteiger partial charge in [0, 0.05) is 12.1 Å². The summed E-state index contributed by atoms with van der Waals surface area (Å²) < 4.78 is 11.8. The van der Waals surface area contributed by atoms with Crippen LogP contribution in [0.15, 0.2) is 65.6 Å². The molecule has 0 bridgehead atoms. The van der Waals surface area contributed by atoms with E-state index in [9.17, 15) is 14.9 Å². The zero-order chi connectivity index (χ0) is 25.1. The van der Waals surface area contributed by atoms with E-state index < -0.39 is 4.92 Å². The number of thioether (sulfide) groups is 1. The normalized spacial score (nSPS) is 14.5. The molecule has 0 radical (unpaired) electrons. The number of nitro benzene ring substituents is 1. The minimum Gasteiger partial charge on any atom is -0.493 e. The summed E-state index contributed by atoms with van der Waals surface area (Å²) in [5.74, 6) is 0.792. The van der Waals surface area contributed by atoms with Crippen LogP contribution in [0, 0.1) is 24.0 Å². The first-order valence-corrected chi connectivity index (χ1v) is 11.9. The summed E-state index contributed by atoms with van der Waals surface area (Å²) in [7, 11) is 1.53. The van der Waals surface area contributed by atoms with Crippen LogP contribution in [0.3, 0.4) is 0 Å². The van der Waals surface area contributed by atoms with Crippen LogP contribution in [-0.2, 0) is 11.4 Å². The van der Waals surface area contributed by atoms with Gasteiger partial charge in [-0.05, 0) is 66.4 Å². The van der Waals surface area contributed by atoms with Crippen molar-refractivity contribution >= 4 is 51.7 Å². The van der Waals surface area contributed by atoms with Gasteiger partial charge in [0.05, 0.1) is 22.6 Å². The number of rotatable bonds is 7. The lowest BCUT2D eigenvalue weighted by atomic mass is 10.1. The Morgan fingerprint density at radius 3 is 2.57 bits per heavy atom. The Morgan fingerprint density at radius 2 is 1.86 bits per heavy atom. The number of thiocarbonyl (C=S) groups is 1. The molecule has 7 nitrogen and oxygen atoms in total. The lowest BCUT2D eigenvalue weighted by Gasteiger charge is -2.16. The van der Waals surface area contributed by atoms with Crippen LogP contribution in [0.25, 0.3) is 6.08 Å². The molecule has 0 aliphatic carbocycles. The van der Waals surface area contributed by atoms with Crippen molar-refractivity contribution in [3.05, 3.63) is 97.9 Å². The number of hydrogen-bond acceptors (Lipinski definition) is 7. The molecule has 1 fully saturated rings. The molecule has 1 aliphatic rings. The monoisotopic (exact) mass is 506 g/mol. The maximum absolute atomic E-state index is 13.1. The van der Waals surface area contributed by atoms with Gasteiger partial charge in [0.2, 0.25) is 0 Å². The van der Waals surface area contributed by atoms with Crippen LogP contribution in [-0.4, -0.2) is 22.3 Å². The van der Waals surface area contributed by atoms with E-state index in [1.165, 1.54) is 31.0 Å². The Kier molecular flexibility index (Phi) is 7.18. The highest BCUT2D eigenvalue weighted by Crippen LogP contribution is 2.38. The van der Waals surface area contributed by atoms with Crippen molar-refractivity contribution in [2.45, 2.75) is 20.5 Å². The number of nitrogens with zero attached hydrogens (tertiary/aromatic N) is 2. The maximum atomic E-state index is 13.1. The quantitative estimate of drug-likeness (QED) is 0.163. The number of non-ortho nitro benzene ring substituents is 1. The minimum absolute atomic E-state index is 0.00604. The zero-order valence-corrected chi connectivity index (χ0v) is 20.9. The van der Waals surface area contributed by atoms with Crippen LogP contribution in [0.4, 0.5) is 11.4 Å². The number of nitro groups is 1. The number of carbonyl (C=O) groups excluding carboxylic acids is 1. The third kappa shape index (κ3) is 5.36. The topological polar surface area (TPSA) is 81.9 Å². The average molecular weight is 507 g/mol. The van der Waals surface area contributed by atoms with Gasteiger partial charge in [-0.2, -0.15) is 0 Å². The fourth-order valence-corrected chi connectivity index (χ4v) is 4.82. The number of benzene rings is 3. The third-order valence-corrected chi connectivity index (χ3v) is 6.85. The second kappa shape index (κ2) is 10.3. The molecule has 0 aromatic heterocycles. The Morgan fingerprint density at radius 1 is 1.06 bits per heavy atom. The molecule has 3 aromatic rings. The van der Waals surface area contributed by atoms with Crippen molar-refractivity contribution in [1.82, 2.24) is 0 Å². The Bertz CT molecular complexity index is 1370. The molecular formula is C26H22N2O5S2. The van der Waals surface area contributed by atoms with Gasteiger partial charge >= 0.3 is 0 Å². The fourth-order valence-electron chi connectivity index (χ4n) is 3.52. The molecule has 1 amide bonds. The minimum atomic E-state index is -0.443. The number of ether oxygens (including phenoxy) is 2. The van der Waals surface area contributed by atoms with E-state index >= 15 is 0 Å².